The van der Waals surface area contributed by atoms with Crippen LogP contribution in [0.4, 0.5) is 28.4 Å². The summed E-state index contributed by atoms with van der Waals surface area (Å²) < 4.78 is 0. The number of benzene rings is 7. The van der Waals surface area contributed by atoms with Crippen LogP contribution in [0.2, 0.25) is 0 Å². The number of nitrogens with zero attached hydrogens (tertiary/aromatic N) is 1. The number of aryl methyl sites for hydroxylation is 1. The zero-order valence-corrected chi connectivity index (χ0v) is 34.3. The van der Waals surface area contributed by atoms with E-state index in [1.807, 2.05) is 0 Å². The number of hydrogen-bond donors (Lipinski definition) is 1. The average Bonchev–Trinajstić information content (AvgIpc) is 3.21. The number of rotatable bonds is 5. The van der Waals surface area contributed by atoms with Gasteiger partial charge in [0.1, 0.15) is 0 Å². The number of nitrogens with one attached hydrogen (secondary N) is 1. The van der Waals surface area contributed by atoms with Crippen LogP contribution < -0.4 is 21.1 Å². The molecular formula is C54H50BN2. The van der Waals surface area contributed by atoms with Gasteiger partial charge in [0, 0.05) is 33.7 Å². The lowest BCUT2D eigenvalue weighted by molar-refractivity contribution is 0.331. The molecule has 0 amide bonds. The number of fused-ring (bicyclic) bond motifs is 5. The molecule has 3 aliphatic rings. The third-order valence-electron chi connectivity index (χ3n) is 13.4. The second-order valence-electron chi connectivity index (χ2n) is 18.5. The van der Waals surface area contributed by atoms with Gasteiger partial charge in [0.05, 0.1) is 5.69 Å². The molecule has 0 bridgehead atoms. The Morgan fingerprint density at radius 3 is 1.84 bits per heavy atom. The molecule has 0 spiro atoms. The summed E-state index contributed by atoms with van der Waals surface area (Å²) in [6.45, 7) is 16.9. The third-order valence-corrected chi connectivity index (χ3v) is 13.4. The van der Waals surface area contributed by atoms with Crippen LogP contribution in [-0.2, 0) is 16.2 Å². The summed E-state index contributed by atoms with van der Waals surface area (Å²) in [6, 6.07) is 54.0. The van der Waals surface area contributed by atoms with Crippen LogP contribution in [0.3, 0.4) is 0 Å². The highest BCUT2D eigenvalue weighted by atomic mass is 15.2. The van der Waals surface area contributed by atoms with Crippen molar-refractivity contribution in [3.63, 3.8) is 0 Å². The van der Waals surface area contributed by atoms with E-state index >= 15 is 0 Å². The Morgan fingerprint density at radius 2 is 1.14 bits per heavy atom. The van der Waals surface area contributed by atoms with Gasteiger partial charge in [-0.3, -0.25) is 0 Å². The average molecular weight is 738 g/mol. The van der Waals surface area contributed by atoms with Crippen LogP contribution in [0.25, 0.3) is 33.4 Å². The standard InChI is InChI=1S/C54H50BN2/c1-34-28-41(40-31-38(36-18-12-9-13-19-36)24-25-47(40)56-39-21-14-20-37(30-39)35-16-10-8-11-17-35)50-49(29-34)57-48-33-44-43(52(2,3)26-27-53(44,4)5)32-45(48)54(6,7)42-22-15-23-46(55-50)51(42)57/h8-25,28-33,56H,26-27H2,1-7H3. The van der Waals surface area contributed by atoms with E-state index in [1.54, 1.807) is 0 Å². The second kappa shape index (κ2) is 12.9. The van der Waals surface area contributed by atoms with Crippen molar-refractivity contribution in [2.24, 2.45) is 0 Å². The Kier molecular flexibility index (Phi) is 8.04. The highest BCUT2D eigenvalue weighted by Gasteiger charge is 2.45. The first-order valence-corrected chi connectivity index (χ1v) is 20.6. The van der Waals surface area contributed by atoms with Crippen molar-refractivity contribution in [1.82, 2.24) is 0 Å². The molecule has 0 saturated heterocycles. The van der Waals surface area contributed by atoms with Crippen LogP contribution in [-0.4, -0.2) is 7.28 Å². The van der Waals surface area contributed by atoms with Crippen molar-refractivity contribution in [3.05, 3.63) is 173 Å². The number of para-hydroxylation sites is 1. The molecule has 1 N–H and O–H groups in total. The molecular weight excluding hydrogens is 687 g/mol. The van der Waals surface area contributed by atoms with Crippen LogP contribution >= 0.6 is 0 Å². The highest BCUT2D eigenvalue weighted by molar-refractivity contribution is 6.73. The molecule has 10 rings (SSSR count). The lowest BCUT2D eigenvalue weighted by atomic mass is 9.55. The lowest BCUT2D eigenvalue weighted by Gasteiger charge is -2.49. The van der Waals surface area contributed by atoms with Crippen molar-refractivity contribution in [1.29, 1.82) is 0 Å². The minimum atomic E-state index is -0.155. The van der Waals surface area contributed by atoms with Crippen LogP contribution in [0, 0.1) is 6.92 Å². The van der Waals surface area contributed by atoms with Gasteiger partial charge in [-0.2, -0.15) is 0 Å². The van der Waals surface area contributed by atoms with E-state index < -0.39 is 0 Å². The van der Waals surface area contributed by atoms with Crippen molar-refractivity contribution in [2.75, 3.05) is 10.2 Å². The maximum atomic E-state index is 3.90. The summed E-state index contributed by atoms with van der Waals surface area (Å²) in [5.41, 5.74) is 22.9. The molecule has 7 aromatic carbocycles. The van der Waals surface area contributed by atoms with E-state index in [1.165, 1.54) is 102 Å². The zero-order valence-electron chi connectivity index (χ0n) is 34.3. The molecule has 1 radical (unpaired) electrons. The lowest BCUT2D eigenvalue weighted by Crippen LogP contribution is -2.46. The van der Waals surface area contributed by atoms with E-state index in [9.17, 15) is 0 Å². The Balaban J connectivity index is 1.20. The van der Waals surface area contributed by atoms with Gasteiger partial charge in [0.25, 0.3) is 0 Å². The van der Waals surface area contributed by atoms with E-state index in [4.69, 9.17) is 0 Å². The Bertz CT molecular complexity index is 2720. The van der Waals surface area contributed by atoms with E-state index in [2.05, 4.69) is 212 Å². The van der Waals surface area contributed by atoms with Crippen molar-refractivity contribution in [3.8, 4) is 33.4 Å². The molecule has 3 heteroatoms. The predicted octanol–water partition coefficient (Wildman–Crippen LogP) is 13.2. The second-order valence-corrected chi connectivity index (χ2v) is 18.5. The van der Waals surface area contributed by atoms with Gasteiger partial charge < -0.3 is 10.2 Å². The maximum absolute atomic E-state index is 3.90. The van der Waals surface area contributed by atoms with Gasteiger partial charge >= 0.3 is 0 Å². The van der Waals surface area contributed by atoms with Gasteiger partial charge in [-0.15, -0.1) is 0 Å². The smallest absolute Gasteiger partial charge is 0.197 e. The number of hydrogen-bond acceptors (Lipinski definition) is 2. The summed E-state index contributed by atoms with van der Waals surface area (Å²) >= 11 is 0. The molecule has 0 aromatic heterocycles. The normalized spacial score (nSPS) is 16.4. The first kappa shape index (κ1) is 35.6. The monoisotopic (exact) mass is 737 g/mol. The zero-order chi connectivity index (χ0) is 39.3. The topological polar surface area (TPSA) is 15.3 Å². The fourth-order valence-corrected chi connectivity index (χ4v) is 9.98. The van der Waals surface area contributed by atoms with Crippen LogP contribution in [0.1, 0.15) is 82.2 Å². The fraction of sp³-hybridized carbons (Fsp3) is 0.222. The summed E-state index contributed by atoms with van der Waals surface area (Å²) in [5, 5.41) is 3.90. The maximum Gasteiger partial charge on any atom is 0.197 e. The van der Waals surface area contributed by atoms with E-state index in [-0.39, 0.29) is 16.2 Å². The Morgan fingerprint density at radius 1 is 0.509 bits per heavy atom. The number of anilines is 5. The first-order chi connectivity index (χ1) is 27.4. The van der Waals surface area contributed by atoms with Gasteiger partial charge in [0.15, 0.2) is 7.28 Å². The molecule has 0 atom stereocenters. The fourth-order valence-electron chi connectivity index (χ4n) is 9.98. The summed E-state index contributed by atoms with van der Waals surface area (Å²) in [5.74, 6) is 0. The van der Waals surface area contributed by atoms with Gasteiger partial charge in [-0.25, -0.2) is 0 Å². The molecule has 7 aromatic rings. The molecule has 279 valence electrons. The third kappa shape index (κ3) is 5.77. The molecule has 1 aliphatic carbocycles. The summed E-state index contributed by atoms with van der Waals surface area (Å²) in [7, 11) is 2.46. The Hall–Kier alpha value is -5.80. The molecule has 0 saturated carbocycles. The summed E-state index contributed by atoms with van der Waals surface area (Å²) in [6.07, 6.45) is 2.39. The van der Waals surface area contributed by atoms with Gasteiger partial charge in [-0.1, -0.05) is 156 Å². The molecule has 2 nitrogen and oxygen atoms in total. The minimum Gasteiger partial charge on any atom is -0.355 e. The molecule has 0 fully saturated rings. The van der Waals surface area contributed by atoms with Crippen LogP contribution in [0.5, 0.6) is 0 Å². The van der Waals surface area contributed by atoms with Gasteiger partial charge in [0.2, 0.25) is 0 Å². The SMILES string of the molecule is Cc1cc(-c2cc(-c3ccccc3)ccc2Nc2cccc(-c3ccccc3)c2)c2c(c1)N1c3cc4c(cc3C(C)(C)c3cccc(c31)[B]2)C(C)(C)CCC4(C)C. The van der Waals surface area contributed by atoms with E-state index in [0.717, 1.165) is 11.4 Å². The minimum absolute atomic E-state index is 0.0998. The summed E-state index contributed by atoms with van der Waals surface area (Å²) in [4.78, 5) is 2.63. The van der Waals surface area contributed by atoms with E-state index in [0.29, 0.717) is 0 Å². The highest BCUT2D eigenvalue weighted by Crippen LogP contribution is 2.56. The molecule has 57 heavy (non-hydrogen) atoms. The van der Waals surface area contributed by atoms with Gasteiger partial charge in [-0.05, 0) is 128 Å². The largest absolute Gasteiger partial charge is 0.355 e. The quantitative estimate of drug-likeness (QED) is 0.177. The molecule has 2 aliphatic heterocycles. The molecule has 2 heterocycles. The van der Waals surface area contributed by atoms with Crippen molar-refractivity contribution < 1.29 is 0 Å². The van der Waals surface area contributed by atoms with Crippen molar-refractivity contribution >= 4 is 46.6 Å². The predicted molar refractivity (Wildman–Crippen MR) is 244 cm³/mol. The van der Waals surface area contributed by atoms with Crippen molar-refractivity contribution in [2.45, 2.75) is 77.6 Å². The van der Waals surface area contributed by atoms with Crippen LogP contribution in [0.15, 0.2) is 146 Å². The first-order valence-electron chi connectivity index (χ1n) is 20.6. The molecule has 0 unspecified atom stereocenters. The Labute approximate surface area is 339 Å².